The molecule has 0 heterocycles. The van der Waals surface area contributed by atoms with Gasteiger partial charge in [0.25, 0.3) is 0 Å². The number of ketones is 1. The number of aliphatic hydroxyl groups is 4. The van der Waals surface area contributed by atoms with Gasteiger partial charge >= 0.3 is 0 Å². The topological polar surface area (TPSA) is 98.0 Å². The van der Waals surface area contributed by atoms with E-state index in [0.717, 1.165) is 0 Å². The average molecular weight is 164 g/mol. The molecule has 0 spiro atoms. The molecule has 0 aromatic heterocycles. The molecule has 0 radical (unpaired) electrons. The van der Waals surface area contributed by atoms with E-state index in [9.17, 15) is 4.79 Å². The van der Waals surface area contributed by atoms with E-state index in [1.165, 1.54) is 6.92 Å². The third-order valence-corrected chi connectivity index (χ3v) is 1.25. The summed E-state index contributed by atoms with van der Waals surface area (Å²) in [7, 11) is 0. The molecule has 0 saturated heterocycles. The van der Waals surface area contributed by atoms with E-state index in [2.05, 4.69) is 0 Å². The molecular formula is C6H12O5. The van der Waals surface area contributed by atoms with Crippen LogP contribution in [0.3, 0.4) is 0 Å². The molecule has 5 heteroatoms. The molecule has 0 aliphatic heterocycles. The van der Waals surface area contributed by atoms with Crippen molar-refractivity contribution in [1.29, 1.82) is 0 Å². The van der Waals surface area contributed by atoms with E-state index < -0.39 is 30.7 Å². The second-order valence-corrected chi connectivity index (χ2v) is 2.29. The molecule has 0 aliphatic carbocycles. The number of aliphatic hydroxyl groups excluding tert-OH is 4. The van der Waals surface area contributed by atoms with Crippen molar-refractivity contribution < 1.29 is 25.2 Å². The first kappa shape index (κ1) is 10.5. The van der Waals surface area contributed by atoms with E-state index in [4.69, 9.17) is 20.4 Å². The fraction of sp³-hybridized carbons (Fsp3) is 0.833. The van der Waals surface area contributed by atoms with E-state index in [1.807, 2.05) is 0 Å². The zero-order chi connectivity index (χ0) is 9.02. The van der Waals surface area contributed by atoms with Gasteiger partial charge in [0, 0.05) is 0 Å². The summed E-state index contributed by atoms with van der Waals surface area (Å²) in [5.74, 6) is -0.970. The Morgan fingerprint density at radius 1 is 1.36 bits per heavy atom. The van der Waals surface area contributed by atoms with Crippen LogP contribution in [0.1, 0.15) is 6.92 Å². The molecule has 0 unspecified atom stereocenters. The van der Waals surface area contributed by atoms with Crippen LogP contribution >= 0.6 is 0 Å². The molecule has 0 saturated carbocycles. The number of carbonyl (C=O) groups is 1. The first-order chi connectivity index (χ1) is 5.00. The lowest BCUT2D eigenvalue weighted by atomic mass is 10.1. The minimum absolute atomic E-state index is 0.747. The maximum Gasteiger partial charge on any atom is 0.194 e. The highest BCUT2D eigenvalue weighted by Crippen LogP contribution is 1.97. The lowest BCUT2D eigenvalue weighted by molar-refractivity contribution is -0.142. The van der Waals surface area contributed by atoms with Crippen molar-refractivity contribution in [3.8, 4) is 0 Å². The number of carbonyl (C=O) groups excluding carboxylic acids is 1. The largest absolute Gasteiger partial charge is 0.393 e. The van der Waals surface area contributed by atoms with Crippen molar-refractivity contribution in [3.63, 3.8) is 0 Å². The summed E-state index contributed by atoms with van der Waals surface area (Å²) in [6.45, 7) is 0.468. The van der Waals surface area contributed by atoms with E-state index in [-0.39, 0.29) is 0 Å². The van der Waals surface area contributed by atoms with Crippen molar-refractivity contribution in [2.75, 3.05) is 6.61 Å². The van der Waals surface area contributed by atoms with Gasteiger partial charge in [0.15, 0.2) is 5.78 Å². The highest BCUT2D eigenvalue weighted by atomic mass is 16.4. The second-order valence-electron chi connectivity index (χ2n) is 2.29. The van der Waals surface area contributed by atoms with Crippen LogP contribution in [0.2, 0.25) is 0 Å². The van der Waals surface area contributed by atoms with Crippen LogP contribution < -0.4 is 0 Å². The van der Waals surface area contributed by atoms with Crippen LogP contribution in [-0.4, -0.2) is 51.1 Å². The van der Waals surface area contributed by atoms with Gasteiger partial charge in [-0.1, -0.05) is 0 Å². The van der Waals surface area contributed by atoms with Crippen molar-refractivity contribution >= 4 is 5.78 Å². The Balaban J connectivity index is 4.02. The predicted molar refractivity (Wildman–Crippen MR) is 35.8 cm³/mol. The van der Waals surface area contributed by atoms with Gasteiger partial charge < -0.3 is 20.4 Å². The first-order valence-electron chi connectivity index (χ1n) is 3.19. The van der Waals surface area contributed by atoms with Crippen LogP contribution in [0, 0.1) is 0 Å². The fourth-order valence-electron chi connectivity index (χ4n) is 0.525. The van der Waals surface area contributed by atoms with E-state index in [0.29, 0.717) is 0 Å². The zero-order valence-electron chi connectivity index (χ0n) is 6.14. The molecule has 5 nitrogen and oxygen atoms in total. The van der Waals surface area contributed by atoms with Gasteiger partial charge in [-0.3, -0.25) is 4.79 Å². The second kappa shape index (κ2) is 4.40. The Bertz CT molecular complexity index is 133. The SMILES string of the molecule is C[C@H](O)[C@@H](O)C(=O)[C@@H](O)CO. The standard InChI is InChI=1S/C6H12O5/c1-3(8)5(10)6(11)4(9)2-7/h3-5,7-10H,2H2,1H3/t3-,4-,5+/m0/s1. The average Bonchev–Trinajstić information content (AvgIpc) is 2.00. The summed E-state index contributed by atoms with van der Waals surface area (Å²) in [5, 5.41) is 34.4. The molecule has 0 aliphatic rings. The van der Waals surface area contributed by atoms with Crippen molar-refractivity contribution in [3.05, 3.63) is 0 Å². The van der Waals surface area contributed by atoms with Crippen molar-refractivity contribution in [2.45, 2.75) is 25.2 Å². The maximum atomic E-state index is 10.7. The smallest absolute Gasteiger partial charge is 0.194 e. The lowest BCUT2D eigenvalue weighted by Gasteiger charge is -2.14. The molecule has 0 bridgehead atoms. The molecule has 4 N–H and O–H groups in total. The molecule has 0 aromatic rings. The molecule has 66 valence electrons. The molecule has 3 atom stereocenters. The van der Waals surface area contributed by atoms with Gasteiger partial charge in [0.2, 0.25) is 0 Å². The number of rotatable bonds is 4. The summed E-state index contributed by atoms with van der Waals surface area (Å²) < 4.78 is 0. The summed E-state index contributed by atoms with van der Waals surface area (Å²) in [6.07, 6.45) is -4.47. The van der Waals surface area contributed by atoms with Gasteiger partial charge in [-0.2, -0.15) is 0 Å². The number of hydrogen-bond donors (Lipinski definition) is 4. The summed E-state index contributed by atoms with van der Waals surface area (Å²) in [6, 6.07) is 0. The normalized spacial score (nSPS) is 19.0. The molecule has 11 heavy (non-hydrogen) atoms. The van der Waals surface area contributed by atoms with E-state index in [1.54, 1.807) is 0 Å². The fourth-order valence-corrected chi connectivity index (χ4v) is 0.525. The number of Topliss-reactive ketones (excluding diaryl/α,β-unsaturated/α-hetero) is 1. The lowest BCUT2D eigenvalue weighted by Crippen LogP contribution is -2.40. The van der Waals surface area contributed by atoms with Crippen LogP contribution in [0.4, 0.5) is 0 Å². The molecule has 0 aromatic carbocycles. The molecular weight excluding hydrogens is 152 g/mol. The molecule has 0 fully saturated rings. The Morgan fingerprint density at radius 2 is 1.82 bits per heavy atom. The van der Waals surface area contributed by atoms with Crippen molar-refractivity contribution in [1.82, 2.24) is 0 Å². The van der Waals surface area contributed by atoms with Gasteiger partial charge in [-0.25, -0.2) is 0 Å². The van der Waals surface area contributed by atoms with Crippen LogP contribution in [0.15, 0.2) is 0 Å². The summed E-state index contributed by atoms with van der Waals surface area (Å²) >= 11 is 0. The predicted octanol–water partition coefficient (Wildman–Crippen LogP) is -2.35. The summed E-state index contributed by atoms with van der Waals surface area (Å²) in [5.41, 5.74) is 0. The Hall–Kier alpha value is -0.490. The van der Waals surface area contributed by atoms with Gasteiger partial charge in [0.05, 0.1) is 12.7 Å². The minimum atomic E-state index is -1.63. The van der Waals surface area contributed by atoms with Gasteiger partial charge in [-0.15, -0.1) is 0 Å². The number of hydrogen-bond acceptors (Lipinski definition) is 5. The van der Waals surface area contributed by atoms with Crippen molar-refractivity contribution in [2.24, 2.45) is 0 Å². The Kier molecular flexibility index (Phi) is 4.20. The Labute approximate surface area is 63.9 Å². The third kappa shape index (κ3) is 2.94. The Morgan fingerprint density at radius 3 is 2.09 bits per heavy atom. The highest BCUT2D eigenvalue weighted by molar-refractivity contribution is 5.87. The highest BCUT2D eigenvalue weighted by Gasteiger charge is 2.26. The van der Waals surface area contributed by atoms with Gasteiger partial charge in [-0.05, 0) is 6.92 Å². The van der Waals surface area contributed by atoms with Crippen LogP contribution in [-0.2, 0) is 4.79 Å². The quantitative estimate of drug-likeness (QED) is 0.373. The first-order valence-corrected chi connectivity index (χ1v) is 3.19. The maximum absolute atomic E-state index is 10.7. The van der Waals surface area contributed by atoms with Crippen LogP contribution in [0.25, 0.3) is 0 Å². The van der Waals surface area contributed by atoms with Crippen LogP contribution in [0.5, 0.6) is 0 Å². The third-order valence-electron chi connectivity index (χ3n) is 1.25. The molecule has 0 amide bonds. The van der Waals surface area contributed by atoms with Gasteiger partial charge in [0.1, 0.15) is 12.2 Å². The zero-order valence-corrected chi connectivity index (χ0v) is 6.14. The van der Waals surface area contributed by atoms with E-state index >= 15 is 0 Å². The monoisotopic (exact) mass is 164 g/mol. The molecule has 0 rings (SSSR count). The minimum Gasteiger partial charge on any atom is -0.393 e. The summed E-state index contributed by atoms with van der Waals surface area (Å²) in [4.78, 5) is 10.7.